The molecule has 0 fully saturated rings. The Morgan fingerprint density at radius 2 is 1.84 bits per heavy atom. The number of hydrogen-bond donors (Lipinski definition) is 2. The number of nitrogens with one attached hydrogen (secondary N) is 1. The summed E-state index contributed by atoms with van der Waals surface area (Å²) in [7, 11) is 0. The van der Waals surface area contributed by atoms with Gasteiger partial charge in [0, 0.05) is 11.2 Å². The molecule has 0 aromatic heterocycles. The molecule has 1 amide bonds. The van der Waals surface area contributed by atoms with Gasteiger partial charge < -0.3 is 11.1 Å². The lowest BCUT2D eigenvalue weighted by atomic mass is 9.81. The summed E-state index contributed by atoms with van der Waals surface area (Å²) < 4.78 is 0. The fraction of sp³-hybridized carbons (Fsp3) is 0.533. The second kappa shape index (κ2) is 5.41. The van der Waals surface area contributed by atoms with Gasteiger partial charge in [0.2, 0.25) is 0 Å². The van der Waals surface area contributed by atoms with Crippen molar-refractivity contribution in [3.8, 4) is 0 Å². The van der Waals surface area contributed by atoms with E-state index in [2.05, 4.69) is 26.1 Å². The topological polar surface area (TPSA) is 55.1 Å². The quantitative estimate of drug-likeness (QED) is 0.827. The summed E-state index contributed by atoms with van der Waals surface area (Å²) in [6, 6.07) is 4.92. The van der Waals surface area contributed by atoms with Crippen molar-refractivity contribution in [2.24, 2.45) is 5.41 Å². The molecule has 0 spiro atoms. The van der Waals surface area contributed by atoms with Gasteiger partial charge in [-0.1, -0.05) is 32.4 Å². The number of carbonyl (C=O) groups is 1. The average molecular weight is 283 g/mol. The Labute approximate surface area is 120 Å². The highest BCUT2D eigenvalue weighted by atomic mass is 35.5. The molecule has 1 aromatic rings. The Hall–Kier alpha value is -1.22. The number of nitrogen functional groups attached to an aromatic ring is 1. The first-order valence-electron chi connectivity index (χ1n) is 6.38. The minimum absolute atomic E-state index is 0.141. The SMILES string of the molecule is CC(C)(C)CC(C)(C)NC(=O)c1ccc(N)cc1Cl. The Bertz CT molecular complexity index is 476. The first-order chi connectivity index (χ1) is 8.50. The van der Waals surface area contributed by atoms with Crippen molar-refractivity contribution in [1.82, 2.24) is 5.32 Å². The van der Waals surface area contributed by atoms with Crippen molar-refractivity contribution >= 4 is 23.2 Å². The Kier molecular flexibility index (Phi) is 4.51. The minimum atomic E-state index is -0.292. The molecule has 3 nitrogen and oxygen atoms in total. The zero-order valence-corrected chi connectivity index (χ0v) is 13.1. The predicted molar refractivity (Wildman–Crippen MR) is 81.5 cm³/mol. The van der Waals surface area contributed by atoms with Gasteiger partial charge in [-0.25, -0.2) is 0 Å². The average Bonchev–Trinajstić information content (AvgIpc) is 2.11. The van der Waals surface area contributed by atoms with Crippen LogP contribution in [0.2, 0.25) is 5.02 Å². The number of anilines is 1. The van der Waals surface area contributed by atoms with Crippen LogP contribution in [0.25, 0.3) is 0 Å². The van der Waals surface area contributed by atoms with Crippen molar-refractivity contribution in [2.45, 2.75) is 46.6 Å². The van der Waals surface area contributed by atoms with Crippen LogP contribution in [0.5, 0.6) is 0 Å². The summed E-state index contributed by atoms with van der Waals surface area (Å²) in [5.74, 6) is -0.167. The van der Waals surface area contributed by atoms with Crippen LogP contribution in [-0.4, -0.2) is 11.4 Å². The number of hydrogen-bond acceptors (Lipinski definition) is 2. The van der Waals surface area contributed by atoms with Crippen LogP contribution in [-0.2, 0) is 0 Å². The summed E-state index contributed by atoms with van der Waals surface area (Å²) in [6.07, 6.45) is 0.873. The van der Waals surface area contributed by atoms with E-state index in [-0.39, 0.29) is 16.9 Å². The molecule has 19 heavy (non-hydrogen) atoms. The van der Waals surface area contributed by atoms with Crippen LogP contribution in [0.15, 0.2) is 18.2 Å². The molecule has 0 radical (unpaired) electrons. The molecule has 106 valence electrons. The van der Waals surface area contributed by atoms with E-state index in [0.717, 1.165) is 6.42 Å². The van der Waals surface area contributed by atoms with Crippen LogP contribution < -0.4 is 11.1 Å². The van der Waals surface area contributed by atoms with E-state index in [1.165, 1.54) is 0 Å². The third kappa shape index (κ3) is 5.11. The monoisotopic (exact) mass is 282 g/mol. The van der Waals surface area contributed by atoms with Gasteiger partial charge in [-0.15, -0.1) is 0 Å². The maximum Gasteiger partial charge on any atom is 0.253 e. The Morgan fingerprint density at radius 1 is 1.26 bits per heavy atom. The van der Waals surface area contributed by atoms with Gasteiger partial charge >= 0.3 is 0 Å². The number of halogens is 1. The minimum Gasteiger partial charge on any atom is -0.399 e. The highest BCUT2D eigenvalue weighted by molar-refractivity contribution is 6.34. The van der Waals surface area contributed by atoms with Crippen molar-refractivity contribution in [3.05, 3.63) is 28.8 Å². The second-order valence-electron chi connectivity index (χ2n) is 6.81. The fourth-order valence-corrected chi connectivity index (χ4v) is 2.74. The molecule has 1 aromatic carbocycles. The Balaban J connectivity index is 2.84. The van der Waals surface area contributed by atoms with Gasteiger partial charge in [-0.05, 0) is 43.9 Å². The molecule has 0 bridgehead atoms. The lowest BCUT2D eigenvalue weighted by molar-refractivity contribution is 0.0891. The first kappa shape index (κ1) is 15.8. The third-order valence-electron chi connectivity index (χ3n) is 2.66. The van der Waals surface area contributed by atoms with E-state index in [0.29, 0.717) is 16.3 Å². The third-order valence-corrected chi connectivity index (χ3v) is 2.97. The molecule has 3 N–H and O–H groups in total. The smallest absolute Gasteiger partial charge is 0.253 e. The largest absolute Gasteiger partial charge is 0.399 e. The van der Waals surface area contributed by atoms with Gasteiger partial charge in [-0.3, -0.25) is 4.79 Å². The number of nitrogens with two attached hydrogens (primary N) is 1. The lowest BCUT2D eigenvalue weighted by Crippen LogP contribution is -2.45. The molecular formula is C15H23ClN2O. The van der Waals surface area contributed by atoms with E-state index in [4.69, 9.17) is 17.3 Å². The number of carbonyl (C=O) groups excluding carboxylic acids is 1. The summed E-state index contributed by atoms with van der Waals surface area (Å²) in [6.45, 7) is 10.5. The standard InChI is InChI=1S/C15H23ClN2O/c1-14(2,3)9-15(4,5)18-13(19)11-7-6-10(17)8-12(11)16/h6-8H,9,17H2,1-5H3,(H,18,19). The van der Waals surface area contributed by atoms with E-state index >= 15 is 0 Å². The molecule has 0 atom stereocenters. The molecule has 0 aliphatic carbocycles. The molecule has 0 aliphatic rings. The fourth-order valence-electron chi connectivity index (χ4n) is 2.46. The van der Waals surface area contributed by atoms with Crippen molar-refractivity contribution in [3.63, 3.8) is 0 Å². The molecule has 0 unspecified atom stereocenters. The summed E-state index contributed by atoms with van der Waals surface area (Å²) >= 11 is 6.05. The van der Waals surface area contributed by atoms with Gasteiger partial charge in [0.1, 0.15) is 0 Å². The lowest BCUT2D eigenvalue weighted by Gasteiger charge is -2.33. The van der Waals surface area contributed by atoms with Crippen LogP contribution in [0, 0.1) is 5.41 Å². The van der Waals surface area contributed by atoms with Gasteiger partial charge in [0.25, 0.3) is 5.91 Å². The summed E-state index contributed by atoms with van der Waals surface area (Å²) in [4.78, 5) is 12.2. The molecule has 4 heteroatoms. The predicted octanol–water partition coefficient (Wildman–Crippen LogP) is 3.87. The number of benzene rings is 1. The second-order valence-corrected chi connectivity index (χ2v) is 7.22. The number of amides is 1. The highest BCUT2D eigenvalue weighted by Crippen LogP contribution is 2.27. The van der Waals surface area contributed by atoms with Crippen LogP contribution in [0.1, 0.15) is 51.4 Å². The zero-order chi connectivity index (χ0) is 14.8. The maximum atomic E-state index is 12.2. The van der Waals surface area contributed by atoms with Gasteiger partial charge in [0.05, 0.1) is 10.6 Å². The van der Waals surface area contributed by atoms with Crippen molar-refractivity contribution in [2.75, 3.05) is 5.73 Å². The normalized spacial score (nSPS) is 12.3. The maximum absolute atomic E-state index is 12.2. The zero-order valence-electron chi connectivity index (χ0n) is 12.3. The molecule has 0 aliphatic heterocycles. The van der Waals surface area contributed by atoms with E-state index < -0.39 is 0 Å². The van der Waals surface area contributed by atoms with Gasteiger partial charge in [0.15, 0.2) is 0 Å². The van der Waals surface area contributed by atoms with Crippen LogP contribution in [0.3, 0.4) is 0 Å². The Morgan fingerprint density at radius 3 is 2.32 bits per heavy atom. The highest BCUT2D eigenvalue weighted by Gasteiger charge is 2.27. The molecule has 0 saturated carbocycles. The van der Waals surface area contributed by atoms with Crippen LogP contribution in [0.4, 0.5) is 5.69 Å². The molecule has 0 saturated heterocycles. The summed E-state index contributed by atoms with van der Waals surface area (Å²) in [5.41, 5.74) is 6.48. The van der Waals surface area contributed by atoms with Crippen molar-refractivity contribution in [1.29, 1.82) is 0 Å². The number of rotatable bonds is 3. The first-order valence-corrected chi connectivity index (χ1v) is 6.75. The van der Waals surface area contributed by atoms with E-state index in [1.807, 2.05) is 13.8 Å². The van der Waals surface area contributed by atoms with E-state index in [1.54, 1.807) is 18.2 Å². The molecule has 0 heterocycles. The van der Waals surface area contributed by atoms with Crippen LogP contribution >= 0.6 is 11.6 Å². The van der Waals surface area contributed by atoms with Gasteiger partial charge in [-0.2, -0.15) is 0 Å². The molecule has 1 rings (SSSR count). The molecular weight excluding hydrogens is 260 g/mol. The van der Waals surface area contributed by atoms with E-state index in [9.17, 15) is 4.79 Å². The van der Waals surface area contributed by atoms with Crippen molar-refractivity contribution < 1.29 is 4.79 Å². The summed E-state index contributed by atoms with van der Waals surface area (Å²) in [5, 5.41) is 3.40.